The first-order chi connectivity index (χ1) is 13.4. The van der Waals surface area contributed by atoms with Crippen molar-refractivity contribution < 1.29 is 9.21 Å². The first-order valence-corrected chi connectivity index (χ1v) is 9.44. The van der Waals surface area contributed by atoms with Crippen LogP contribution in [0, 0.1) is 27.7 Å². The number of furan rings is 1. The van der Waals surface area contributed by atoms with Crippen molar-refractivity contribution >= 4 is 22.7 Å². The number of anilines is 1. The molecule has 2 heterocycles. The Morgan fingerprint density at radius 2 is 1.68 bits per heavy atom. The molecule has 0 saturated carbocycles. The summed E-state index contributed by atoms with van der Waals surface area (Å²) in [6.07, 6.45) is 0. The van der Waals surface area contributed by atoms with Crippen LogP contribution in [0.15, 0.2) is 59.0 Å². The van der Waals surface area contributed by atoms with E-state index in [4.69, 9.17) is 4.42 Å². The third-order valence-corrected chi connectivity index (χ3v) is 5.17. The number of carbonyl (C=O) groups excluding carboxylic acids is 1. The lowest BCUT2D eigenvalue weighted by Crippen LogP contribution is -2.17. The van der Waals surface area contributed by atoms with Crippen LogP contribution in [0.25, 0.3) is 11.1 Å². The van der Waals surface area contributed by atoms with Gasteiger partial charge in [-0.3, -0.25) is 4.79 Å². The van der Waals surface area contributed by atoms with Crippen LogP contribution in [-0.2, 0) is 6.54 Å². The van der Waals surface area contributed by atoms with Crippen molar-refractivity contribution in [3.8, 4) is 0 Å². The lowest BCUT2D eigenvalue weighted by atomic mass is 10.1. The maximum Gasteiger partial charge on any atom is 0.272 e. The highest BCUT2D eigenvalue weighted by molar-refractivity contribution is 6.06. The van der Waals surface area contributed by atoms with Gasteiger partial charge in [0.15, 0.2) is 5.58 Å². The van der Waals surface area contributed by atoms with E-state index in [2.05, 4.69) is 43.4 Å². The molecule has 0 bridgehead atoms. The van der Waals surface area contributed by atoms with Crippen molar-refractivity contribution in [2.75, 3.05) is 5.32 Å². The molecule has 28 heavy (non-hydrogen) atoms. The summed E-state index contributed by atoms with van der Waals surface area (Å²) in [5, 5.41) is 3.03. The number of hydrogen-bond donors (Lipinski definition) is 1. The van der Waals surface area contributed by atoms with E-state index in [9.17, 15) is 4.79 Å². The first kappa shape index (κ1) is 18.1. The smallest absolute Gasteiger partial charge is 0.272 e. The van der Waals surface area contributed by atoms with E-state index in [-0.39, 0.29) is 5.91 Å². The standard InChI is InChI=1S/C24H24N2O2/c1-15-5-8-19(9-6-15)14-26-21-12-18(4)28-23(21)13-22(26)24(27)25-20-10-7-16(2)17(3)11-20/h5-13H,14H2,1-4H3,(H,25,27). The number of aromatic nitrogens is 1. The molecular formula is C24H24N2O2. The summed E-state index contributed by atoms with van der Waals surface area (Å²) in [6, 6.07) is 18.1. The molecule has 142 valence electrons. The fourth-order valence-electron chi connectivity index (χ4n) is 3.41. The SMILES string of the molecule is Cc1ccc(Cn2c(C(=O)Nc3ccc(C)c(C)c3)cc3oc(C)cc32)cc1. The number of benzene rings is 2. The van der Waals surface area contributed by atoms with E-state index < -0.39 is 0 Å². The lowest BCUT2D eigenvalue weighted by molar-refractivity contribution is 0.101. The van der Waals surface area contributed by atoms with Gasteiger partial charge in [0.2, 0.25) is 0 Å². The van der Waals surface area contributed by atoms with Gasteiger partial charge in [0.05, 0.1) is 5.52 Å². The molecule has 2 aromatic carbocycles. The summed E-state index contributed by atoms with van der Waals surface area (Å²) in [6.45, 7) is 8.70. The molecular weight excluding hydrogens is 348 g/mol. The zero-order valence-corrected chi connectivity index (χ0v) is 16.7. The maximum absolute atomic E-state index is 13.1. The largest absolute Gasteiger partial charge is 0.460 e. The first-order valence-electron chi connectivity index (χ1n) is 9.44. The van der Waals surface area contributed by atoms with Crippen molar-refractivity contribution in [1.82, 2.24) is 4.57 Å². The fourth-order valence-corrected chi connectivity index (χ4v) is 3.41. The van der Waals surface area contributed by atoms with Crippen molar-refractivity contribution in [2.45, 2.75) is 34.2 Å². The van der Waals surface area contributed by atoms with Crippen LogP contribution in [0.3, 0.4) is 0 Å². The third-order valence-electron chi connectivity index (χ3n) is 5.17. The molecule has 4 rings (SSSR count). The zero-order valence-electron chi connectivity index (χ0n) is 16.7. The molecule has 0 unspecified atom stereocenters. The molecule has 1 N–H and O–H groups in total. The highest BCUT2D eigenvalue weighted by atomic mass is 16.3. The van der Waals surface area contributed by atoms with Crippen molar-refractivity contribution in [3.63, 3.8) is 0 Å². The Morgan fingerprint density at radius 1 is 0.929 bits per heavy atom. The van der Waals surface area contributed by atoms with Gasteiger partial charge in [-0.1, -0.05) is 35.9 Å². The second-order valence-electron chi connectivity index (χ2n) is 7.46. The van der Waals surface area contributed by atoms with Crippen LogP contribution >= 0.6 is 0 Å². The molecule has 4 heteroatoms. The monoisotopic (exact) mass is 372 g/mol. The number of nitrogens with zero attached hydrogens (tertiary/aromatic N) is 1. The highest BCUT2D eigenvalue weighted by Gasteiger charge is 2.19. The summed E-state index contributed by atoms with van der Waals surface area (Å²) < 4.78 is 7.80. The minimum atomic E-state index is -0.139. The molecule has 0 atom stereocenters. The van der Waals surface area contributed by atoms with Crippen LogP contribution in [-0.4, -0.2) is 10.5 Å². The zero-order chi connectivity index (χ0) is 19.8. The van der Waals surface area contributed by atoms with Crippen LogP contribution in [0.5, 0.6) is 0 Å². The summed E-state index contributed by atoms with van der Waals surface area (Å²) in [5.41, 5.74) is 7.76. The maximum atomic E-state index is 13.1. The fraction of sp³-hybridized carbons (Fsp3) is 0.208. The van der Waals surface area contributed by atoms with Crippen molar-refractivity contribution in [1.29, 1.82) is 0 Å². The Balaban J connectivity index is 1.70. The summed E-state index contributed by atoms with van der Waals surface area (Å²) >= 11 is 0. The molecule has 4 nitrogen and oxygen atoms in total. The van der Waals surface area contributed by atoms with Gasteiger partial charge in [-0.15, -0.1) is 0 Å². The van der Waals surface area contributed by atoms with Gasteiger partial charge in [-0.25, -0.2) is 0 Å². The minimum Gasteiger partial charge on any atom is -0.460 e. The summed E-state index contributed by atoms with van der Waals surface area (Å²) in [7, 11) is 0. The number of amides is 1. The molecule has 1 amide bonds. The number of hydrogen-bond acceptors (Lipinski definition) is 2. The summed E-state index contributed by atoms with van der Waals surface area (Å²) in [5.74, 6) is 0.697. The number of nitrogens with one attached hydrogen (secondary N) is 1. The van der Waals surface area contributed by atoms with Crippen LogP contribution in [0.1, 0.15) is 38.5 Å². The van der Waals surface area contributed by atoms with E-state index in [0.717, 1.165) is 33.7 Å². The molecule has 0 saturated heterocycles. The Labute approximate surface area is 164 Å². The molecule has 0 fully saturated rings. The molecule has 0 spiro atoms. The van der Waals surface area contributed by atoms with Gasteiger partial charge in [-0.2, -0.15) is 0 Å². The average molecular weight is 372 g/mol. The predicted molar refractivity (Wildman–Crippen MR) is 113 cm³/mol. The van der Waals surface area contributed by atoms with E-state index in [1.165, 1.54) is 11.1 Å². The highest BCUT2D eigenvalue weighted by Crippen LogP contribution is 2.26. The van der Waals surface area contributed by atoms with Crippen LogP contribution < -0.4 is 5.32 Å². The number of aryl methyl sites for hydroxylation is 4. The third kappa shape index (κ3) is 3.46. The molecule has 0 aliphatic rings. The minimum absolute atomic E-state index is 0.139. The van der Waals surface area contributed by atoms with Gasteiger partial charge >= 0.3 is 0 Å². The lowest BCUT2D eigenvalue weighted by Gasteiger charge is -2.12. The van der Waals surface area contributed by atoms with E-state index in [0.29, 0.717) is 12.2 Å². The van der Waals surface area contributed by atoms with E-state index in [1.54, 1.807) is 0 Å². The molecule has 0 radical (unpaired) electrons. The van der Waals surface area contributed by atoms with Crippen LogP contribution in [0.2, 0.25) is 0 Å². The Hall–Kier alpha value is -3.27. The van der Waals surface area contributed by atoms with Gasteiger partial charge in [0.25, 0.3) is 5.91 Å². The molecule has 2 aromatic heterocycles. The van der Waals surface area contributed by atoms with Gasteiger partial charge < -0.3 is 14.3 Å². The molecule has 0 aliphatic carbocycles. The van der Waals surface area contributed by atoms with E-state index in [1.807, 2.05) is 48.7 Å². The molecule has 4 aromatic rings. The quantitative estimate of drug-likeness (QED) is 0.494. The topological polar surface area (TPSA) is 47.2 Å². The van der Waals surface area contributed by atoms with Gasteiger partial charge in [0.1, 0.15) is 11.5 Å². The Bertz CT molecular complexity index is 1160. The normalized spacial score (nSPS) is 11.1. The Kier molecular flexibility index (Phi) is 4.55. The van der Waals surface area contributed by atoms with Crippen LogP contribution in [0.4, 0.5) is 5.69 Å². The second-order valence-corrected chi connectivity index (χ2v) is 7.46. The van der Waals surface area contributed by atoms with E-state index >= 15 is 0 Å². The Morgan fingerprint density at radius 3 is 2.39 bits per heavy atom. The molecule has 0 aliphatic heterocycles. The number of fused-ring (bicyclic) bond motifs is 1. The average Bonchev–Trinajstić information content (AvgIpc) is 3.17. The van der Waals surface area contributed by atoms with Gasteiger partial charge in [0, 0.05) is 24.4 Å². The summed E-state index contributed by atoms with van der Waals surface area (Å²) in [4.78, 5) is 13.1. The predicted octanol–water partition coefficient (Wildman–Crippen LogP) is 5.77. The van der Waals surface area contributed by atoms with Crippen molar-refractivity contribution in [2.24, 2.45) is 0 Å². The second kappa shape index (κ2) is 7.04. The number of rotatable bonds is 4. The van der Waals surface area contributed by atoms with Gasteiger partial charge in [-0.05, 0) is 56.5 Å². The number of carbonyl (C=O) groups is 1. The van der Waals surface area contributed by atoms with Crippen molar-refractivity contribution in [3.05, 3.63) is 88.3 Å².